The van der Waals surface area contributed by atoms with E-state index in [0.717, 1.165) is 15.1 Å². The number of nitrogens with one attached hydrogen (secondary N) is 1. The van der Waals surface area contributed by atoms with Gasteiger partial charge in [0.15, 0.2) is 5.82 Å². The number of hydrogen-bond acceptors (Lipinski definition) is 9. The van der Waals surface area contributed by atoms with Crippen LogP contribution in [-0.2, 0) is 21.3 Å². The Balaban J connectivity index is 1.77. The summed E-state index contributed by atoms with van der Waals surface area (Å²) < 4.78 is 38.5. The largest absolute Gasteiger partial charge is 0.467 e. The minimum atomic E-state index is -3.63. The van der Waals surface area contributed by atoms with Crippen molar-refractivity contribution >= 4 is 43.2 Å². The summed E-state index contributed by atoms with van der Waals surface area (Å²) in [5.41, 5.74) is 0. The fourth-order valence-corrected chi connectivity index (χ4v) is 5.17. The Morgan fingerprint density at radius 3 is 2.72 bits per heavy atom. The van der Waals surface area contributed by atoms with Crippen LogP contribution in [0.15, 0.2) is 20.1 Å². The molecule has 0 aliphatic carbocycles. The number of methoxy groups -OCH3 is 1. The number of hydrogen-bond donors (Lipinski definition) is 1. The highest BCUT2D eigenvalue weighted by molar-refractivity contribution is 9.11. The van der Waals surface area contributed by atoms with Gasteiger partial charge in [-0.2, -0.15) is 15.0 Å². The smallest absolute Gasteiger partial charge is 0.321 e. The van der Waals surface area contributed by atoms with Crippen molar-refractivity contribution in [3.05, 3.63) is 21.7 Å². The molecule has 1 saturated heterocycles. The number of ether oxygens (including phenoxy) is 2. The zero-order chi connectivity index (χ0) is 17.9. The number of thiophene rings is 1. The molecule has 9 nitrogen and oxygen atoms in total. The molecule has 3 rings (SSSR count). The third-order valence-electron chi connectivity index (χ3n) is 3.36. The van der Waals surface area contributed by atoms with E-state index in [0.29, 0.717) is 32.3 Å². The van der Waals surface area contributed by atoms with Crippen LogP contribution >= 0.6 is 27.3 Å². The van der Waals surface area contributed by atoms with Gasteiger partial charge in [0.25, 0.3) is 0 Å². The third kappa shape index (κ3) is 4.64. The molecule has 0 atom stereocenters. The van der Waals surface area contributed by atoms with E-state index in [1.165, 1.54) is 13.2 Å². The van der Waals surface area contributed by atoms with Gasteiger partial charge >= 0.3 is 6.01 Å². The van der Waals surface area contributed by atoms with Gasteiger partial charge in [0.1, 0.15) is 4.21 Å². The zero-order valence-electron chi connectivity index (χ0n) is 13.3. The van der Waals surface area contributed by atoms with Gasteiger partial charge in [0.2, 0.25) is 16.0 Å². The Kier molecular flexibility index (Phi) is 5.84. The summed E-state index contributed by atoms with van der Waals surface area (Å²) in [6, 6.07) is 3.36. The summed E-state index contributed by atoms with van der Waals surface area (Å²) in [5.74, 6) is 0.732. The minimum absolute atomic E-state index is 0.0614. The van der Waals surface area contributed by atoms with Crippen molar-refractivity contribution in [2.24, 2.45) is 0 Å². The van der Waals surface area contributed by atoms with Crippen molar-refractivity contribution in [3.8, 4) is 6.01 Å². The van der Waals surface area contributed by atoms with Crippen LogP contribution < -0.4 is 14.4 Å². The fourth-order valence-electron chi connectivity index (χ4n) is 2.13. The molecule has 136 valence electrons. The molecule has 0 spiro atoms. The van der Waals surface area contributed by atoms with Crippen LogP contribution in [0.25, 0.3) is 0 Å². The van der Waals surface area contributed by atoms with Crippen molar-refractivity contribution in [3.63, 3.8) is 0 Å². The number of aromatic nitrogens is 3. The molecule has 2 aromatic rings. The second kappa shape index (κ2) is 7.91. The molecule has 2 aromatic heterocycles. The van der Waals surface area contributed by atoms with E-state index in [4.69, 9.17) is 9.47 Å². The highest BCUT2D eigenvalue weighted by Crippen LogP contribution is 2.26. The normalized spacial score (nSPS) is 15.4. The second-order valence-corrected chi connectivity index (χ2v) is 9.48. The lowest BCUT2D eigenvalue weighted by atomic mass is 10.4. The summed E-state index contributed by atoms with van der Waals surface area (Å²) in [6.45, 7) is 2.42. The minimum Gasteiger partial charge on any atom is -0.467 e. The van der Waals surface area contributed by atoms with Gasteiger partial charge in [-0.25, -0.2) is 13.1 Å². The standard InChI is InChI=1S/C13H16BrN5O4S2/c1-22-13-17-10(16-12(18-13)19-4-6-23-7-5-19)8-15-25(20,21)11-3-2-9(14)24-11/h2-3,15H,4-8H2,1H3. The predicted octanol–water partition coefficient (Wildman–Crippen LogP) is 1.02. The molecule has 0 unspecified atom stereocenters. The number of sulfonamides is 1. The first kappa shape index (κ1) is 18.5. The number of nitrogens with zero attached hydrogens (tertiary/aromatic N) is 4. The molecule has 1 aliphatic heterocycles. The van der Waals surface area contributed by atoms with Crippen molar-refractivity contribution in [2.75, 3.05) is 38.3 Å². The van der Waals surface area contributed by atoms with E-state index in [1.54, 1.807) is 6.07 Å². The molecular formula is C13H16BrN5O4S2. The van der Waals surface area contributed by atoms with Crippen LogP contribution in [-0.4, -0.2) is 56.8 Å². The maximum atomic E-state index is 12.3. The first-order valence-corrected chi connectivity index (χ1v) is 10.4. The number of halogens is 1. The molecule has 0 amide bonds. The number of rotatable bonds is 6. The number of anilines is 1. The Bertz CT molecular complexity index is 839. The summed E-state index contributed by atoms with van der Waals surface area (Å²) in [4.78, 5) is 14.6. The van der Waals surface area contributed by atoms with Crippen LogP contribution in [0, 0.1) is 0 Å². The van der Waals surface area contributed by atoms with E-state index in [2.05, 4.69) is 35.6 Å². The molecule has 3 heterocycles. The average Bonchev–Trinajstić information content (AvgIpc) is 3.08. The van der Waals surface area contributed by atoms with E-state index < -0.39 is 10.0 Å². The molecule has 1 fully saturated rings. The molecule has 12 heteroatoms. The topological polar surface area (TPSA) is 107 Å². The fraction of sp³-hybridized carbons (Fsp3) is 0.462. The first-order valence-electron chi connectivity index (χ1n) is 7.34. The van der Waals surface area contributed by atoms with Gasteiger partial charge in [-0.05, 0) is 28.1 Å². The van der Waals surface area contributed by atoms with Gasteiger partial charge in [-0.15, -0.1) is 11.3 Å². The van der Waals surface area contributed by atoms with Crippen molar-refractivity contribution in [1.82, 2.24) is 19.7 Å². The highest BCUT2D eigenvalue weighted by atomic mass is 79.9. The zero-order valence-corrected chi connectivity index (χ0v) is 16.5. The lowest BCUT2D eigenvalue weighted by Crippen LogP contribution is -2.37. The summed E-state index contributed by atoms with van der Waals surface area (Å²) in [6.07, 6.45) is 0. The van der Waals surface area contributed by atoms with Crippen molar-refractivity contribution in [1.29, 1.82) is 0 Å². The maximum absolute atomic E-state index is 12.3. The number of morpholine rings is 1. The summed E-state index contributed by atoms with van der Waals surface area (Å²) in [5, 5.41) is 0. The lowest BCUT2D eigenvalue weighted by Gasteiger charge is -2.26. The van der Waals surface area contributed by atoms with Crippen LogP contribution in [0.4, 0.5) is 5.95 Å². The Morgan fingerprint density at radius 1 is 1.32 bits per heavy atom. The van der Waals surface area contributed by atoms with Gasteiger partial charge < -0.3 is 14.4 Å². The molecule has 1 N–H and O–H groups in total. The Morgan fingerprint density at radius 2 is 2.08 bits per heavy atom. The van der Waals surface area contributed by atoms with E-state index in [-0.39, 0.29) is 22.6 Å². The van der Waals surface area contributed by atoms with Gasteiger partial charge in [0.05, 0.1) is 30.7 Å². The Hall–Kier alpha value is -1.34. The van der Waals surface area contributed by atoms with E-state index in [9.17, 15) is 8.42 Å². The van der Waals surface area contributed by atoms with Gasteiger partial charge in [-0.3, -0.25) is 0 Å². The van der Waals surface area contributed by atoms with Crippen LogP contribution in [0.5, 0.6) is 6.01 Å². The summed E-state index contributed by atoms with van der Waals surface area (Å²) >= 11 is 4.38. The second-order valence-electron chi connectivity index (χ2n) is 5.02. The maximum Gasteiger partial charge on any atom is 0.321 e. The van der Waals surface area contributed by atoms with Crippen LogP contribution in [0.1, 0.15) is 5.82 Å². The average molecular weight is 450 g/mol. The molecular weight excluding hydrogens is 434 g/mol. The molecule has 0 saturated carbocycles. The molecule has 0 radical (unpaired) electrons. The van der Waals surface area contributed by atoms with Crippen molar-refractivity contribution < 1.29 is 17.9 Å². The van der Waals surface area contributed by atoms with Crippen molar-refractivity contribution in [2.45, 2.75) is 10.8 Å². The SMILES string of the molecule is COc1nc(CNS(=O)(=O)c2ccc(Br)s2)nc(N2CCOCC2)n1. The molecule has 0 aromatic carbocycles. The monoisotopic (exact) mass is 449 g/mol. The Labute approximate surface area is 157 Å². The van der Waals surface area contributed by atoms with Gasteiger partial charge in [0, 0.05) is 13.1 Å². The first-order chi connectivity index (χ1) is 12.0. The lowest BCUT2D eigenvalue weighted by molar-refractivity contribution is 0.122. The molecule has 0 bridgehead atoms. The van der Waals surface area contributed by atoms with Crippen LogP contribution in [0.2, 0.25) is 0 Å². The summed E-state index contributed by atoms with van der Waals surface area (Å²) in [7, 11) is -2.18. The molecule has 1 aliphatic rings. The quantitative estimate of drug-likeness (QED) is 0.696. The molecule has 25 heavy (non-hydrogen) atoms. The van der Waals surface area contributed by atoms with Crippen LogP contribution in [0.3, 0.4) is 0 Å². The third-order valence-corrected chi connectivity index (χ3v) is 6.88. The highest BCUT2D eigenvalue weighted by Gasteiger charge is 2.20. The van der Waals surface area contributed by atoms with Gasteiger partial charge in [-0.1, -0.05) is 0 Å². The van der Waals surface area contributed by atoms with E-state index >= 15 is 0 Å². The van der Waals surface area contributed by atoms with E-state index in [1.807, 2.05) is 4.90 Å². The predicted molar refractivity (Wildman–Crippen MR) is 95.5 cm³/mol.